The highest BCUT2D eigenvalue weighted by atomic mass is 35.5. The third kappa shape index (κ3) is 6.16. The van der Waals surface area contributed by atoms with Gasteiger partial charge in [-0.1, -0.05) is 46.8 Å². The van der Waals surface area contributed by atoms with Crippen molar-refractivity contribution >= 4 is 30.8 Å². The highest BCUT2D eigenvalue weighted by molar-refractivity contribution is 6.74. The van der Waals surface area contributed by atoms with Crippen molar-refractivity contribution in [1.82, 2.24) is 9.97 Å². The van der Waals surface area contributed by atoms with Gasteiger partial charge < -0.3 is 9.16 Å². The van der Waals surface area contributed by atoms with Crippen LogP contribution in [0.3, 0.4) is 0 Å². The summed E-state index contributed by atoms with van der Waals surface area (Å²) in [6.45, 7) is 17.4. The number of nitrogens with zero attached hydrogens (tertiary/aromatic N) is 2. The van der Waals surface area contributed by atoms with E-state index < -0.39 is 8.32 Å². The summed E-state index contributed by atoms with van der Waals surface area (Å²) < 4.78 is 12.4. The van der Waals surface area contributed by atoms with Crippen molar-refractivity contribution in [2.24, 2.45) is 5.41 Å². The van der Waals surface area contributed by atoms with E-state index in [-0.39, 0.29) is 15.7 Å². The molecule has 1 heterocycles. The molecule has 6 heteroatoms. The molecule has 0 saturated carbocycles. The van der Waals surface area contributed by atoms with Gasteiger partial charge in [0, 0.05) is 18.2 Å². The summed E-state index contributed by atoms with van der Waals surface area (Å²) in [6, 6.07) is 5.84. The minimum Gasteiger partial charge on any atom is -0.491 e. The van der Waals surface area contributed by atoms with Crippen LogP contribution in [-0.4, -0.2) is 31.5 Å². The van der Waals surface area contributed by atoms with Gasteiger partial charge in [0.25, 0.3) is 0 Å². The van der Waals surface area contributed by atoms with Crippen LogP contribution in [0.5, 0.6) is 5.75 Å². The lowest BCUT2D eigenvalue weighted by Crippen LogP contribution is -2.41. The molecule has 0 spiro atoms. The summed E-state index contributed by atoms with van der Waals surface area (Å²) in [5.41, 5.74) is 0.913. The van der Waals surface area contributed by atoms with E-state index in [2.05, 4.69) is 57.7 Å². The third-order valence-corrected chi connectivity index (χ3v) is 10.3. The first-order valence-electron chi connectivity index (χ1n) is 9.59. The number of halogens is 1. The molecule has 27 heavy (non-hydrogen) atoms. The molecule has 4 nitrogen and oxygen atoms in total. The molecule has 150 valence electrons. The lowest BCUT2D eigenvalue weighted by Gasteiger charge is -2.37. The average molecular weight is 409 g/mol. The molecular formula is C21H33ClN2O2Si. The van der Waals surface area contributed by atoms with Crippen molar-refractivity contribution < 1.29 is 9.16 Å². The minimum absolute atomic E-state index is 0.152. The summed E-state index contributed by atoms with van der Waals surface area (Å²) >= 11 is 5.93. The Bertz CT molecular complexity index is 772. The average Bonchev–Trinajstić information content (AvgIpc) is 2.53. The lowest BCUT2D eigenvalue weighted by atomic mass is 9.86. The largest absolute Gasteiger partial charge is 0.491 e. The number of ether oxygens (including phenoxy) is 1. The number of hydrogen-bond acceptors (Lipinski definition) is 4. The zero-order chi connectivity index (χ0) is 20.3. The molecule has 0 fully saturated rings. The van der Waals surface area contributed by atoms with Crippen LogP contribution in [0.15, 0.2) is 24.4 Å². The van der Waals surface area contributed by atoms with Gasteiger partial charge in [-0.2, -0.15) is 0 Å². The first-order valence-corrected chi connectivity index (χ1v) is 12.9. The van der Waals surface area contributed by atoms with E-state index in [9.17, 15) is 0 Å². The summed E-state index contributed by atoms with van der Waals surface area (Å²) in [4.78, 5) is 8.33. The van der Waals surface area contributed by atoms with Gasteiger partial charge in [-0.25, -0.2) is 9.97 Å². The molecular weight excluding hydrogens is 376 g/mol. The molecule has 0 radical (unpaired) electrons. The maximum Gasteiger partial charge on any atom is 0.223 e. The normalized spacial score (nSPS) is 13.2. The molecule has 0 saturated heterocycles. The Morgan fingerprint density at radius 3 is 2.37 bits per heavy atom. The Hall–Kier alpha value is -1.17. The van der Waals surface area contributed by atoms with Gasteiger partial charge in [0.05, 0.1) is 6.61 Å². The molecule has 2 aromatic rings. The predicted molar refractivity (Wildman–Crippen MR) is 116 cm³/mol. The fourth-order valence-electron chi connectivity index (χ4n) is 2.48. The van der Waals surface area contributed by atoms with E-state index in [1.165, 1.54) is 0 Å². The monoisotopic (exact) mass is 408 g/mol. The zero-order valence-corrected chi connectivity index (χ0v) is 19.5. The van der Waals surface area contributed by atoms with Crippen molar-refractivity contribution in [3.63, 3.8) is 0 Å². The summed E-state index contributed by atoms with van der Waals surface area (Å²) in [5.74, 6) is 0.755. The number of aromatic nitrogens is 2. The van der Waals surface area contributed by atoms with Crippen LogP contribution in [0, 0.1) is 5.41 Å². The molecule has 0 aliphatic heterocycles. The van der Waals surface area contributed by atoms with Crippen LogP contribution in [0.1, 0.15) is 47.5 Å². The van der Waals surface area contributed by atoms with Crippen molar-refractivity contribution in [3.8, 4) is 5.75 Å². The first kappa shape index (κ1) is 22.1. The van der Waals surface area contributed by atoms with E-state index >= 15 is 0 Å². The third-order valence-electron chi connectivity index (χ3n) is 5.63. The van der Waals surface area contributed by atoms with Crippen LogP contribution >= 0.6 is 11.6 Å². The molecule has 0 aliphatic rings. The SMILES string of the molecule is CC(C)(CCOc1cccc2cnc(Cl)nc12)CCO[Si](C)(C)C(C)(C)C. The van der Waals surface area contributed by atoms with Crippen LogP contribution in [0.25, 0.3) is 10.9 Å². The highest BCUT2D eigenvalue weighted by Crippen LogP contribution is 2.37. The van der Waals surface area contributed by atoms with Crippen molar-refractivity contribution in [2.75, 3.05) is 13.2 Å². The lowest BCUT2D eigenvalue weighted by molar-refractivity contribution is 0.175. The van der Waals surface area contributed by atoms with Crippen molar-refractivity contribution in [1.29, 1.82) is 0 Å². The second kappa shape index (κ2) is 8.46. The van der Waals surface area contributed by atoms with Crippen molar-refractivity contribution in [2.45, 2.75) is 65.6 Å². The fourth-order valence-corrected chi connectivity index (χ4v) is 3.66. The van der Waals surface area contributed by atoms with E-state index in [1.807, 2.05) is 18.2 Å². The van der Waals surface area contributed by atoms with Crippen LogP contribution in [0.2, 0.25) is 23.4 Å². The van der Waals surface area contributed by atoms with Gasteiger partial charge in [0.1, 0.15) is 11.3 Å². The fraction of sp³-hybridized carbons (Fsp3) is 0.619. The van der Waals surface area contributed by atoms with E-state index in [4.69, 9.17) is 20.8 Å². The first-order chi connectivity index (χ1) is 12.4. The van der Waals surface area contributed by atoms with Gasteiger partial charge in [-0.15, -0.1) is 0 Å². The molecule has 0 unspecified atom stereocenters. The Morgan fingerprint density at radius 2 is 1.70 bits per heavy atom. The smallest absolute Gasteiger partial charge is 0.223 e. The van der Waals surface area contributed by atoms with Gasteiger partial charge in [-0.05, 0) is 54.1 Å². The van der Waals surface area contributed by atoms with Crippen LogP contribution in [-0.2, 0) is 4.43 Å². The maximum atomic E-state index is 6.33. The molecule has 0 N–H and O–H groups in total. The predicted octanol–water partition coefficient (Wildman–Crippen LogP) is 6.49. The van der Waals surface area contributed by atoms with Gasteiger partial charge >= 0.3 is 0 Å². The molecule has 0 bridgehead atoms. The Morgan fingerprint density at radius 1 is 1.04 bits per heavy atom. The van der Waals surface area contributed by atoms with Crippen LogP contribution in [0.4, 0.5) is 0 Å². The number of rotatable bonds is 8. The molecule has 0 atom stereocenters. The standard InChI is InChI=1S/C21H33ClN2O2Si/c1-20(2,3)27(6,7)26-14-12-21(4,5)11-13-25-17-10-8-9-16-15-23-19(22)24-18(16)17/h8-10,15H,11-14H2,1-7H3. The quantitative estimate of drug-likeness (QED) is 0.369. The topological polar surface area (TPSA) is 44.2 Å². The molecule has 0 amide bonds. The summed E-state index contributed by atoms with van der Waals surface area (Å²) in [7, 11) is -1.68. The van der Waals surface area contributed by atoms with Crippen molar-refractivity contribution in [3.05, 3.63) is 29.7 Å². The van der Waals surface area contributed by atoms with Crippen LogP contribution < -0.4 is 4.74 Å². The van der Waals surface area contributed by atoms with E-state index in [1.54, 1.807) is 6.20 Å². The molecule has 2 rings (SSSR count). The second-order valence-electron chi connectivity index (χ2n) is 9.45. The number of para-hydroxylation sites is 1. The second-order valence-corrected chi connectivity index (χ2v) is 14.6. The highest BCUT2D eigenvalue weighted by Gasteiger charge is 2.37. The van der Waals surface area contributed by atoms with Gasteiger partial charge in [-0.3, -0.25) is 0 Å². The summed E-state index contributed by atoms with van der Waals surface area (Å²) in [6.07, 6.45) is 3.69. The number of benzene rings is 1. The number of hydrogen-bond donors (Lipinski definition) is 0. The van der Waals surface area contributed by atoms with E-state index in [0.717, 1.165) is 36.1 Å². The van der Waals surface area contributed by atoms with E-state index in [0.29, 0.717) is 6.61 Å². The Balaban J connectivity index is 1.88. The molecule has 1 aromatic heterocycles. The van der Waals surface area contributed by atoms with Gasteiger partial charge in [0.15, 0.2) is 8.32 Å². The minimum atomic E-state index is -1.68. The Kier molecular flexibility index (Phi) is 6.93. The zero-order valence-electron chi connectivity index (χ0n) is 17.7. The van der Waals surface area contributed by atoms with Gasteiger partial charge in [0.2, 0.25) is 5.28 Å². The molecule has 1 aromatic carbocycles. The maximum absolute atomic E-state index is 6.33. The Labute approximate surface area is 169 Å². The summed E-state index contributed by atoms with van der Waals surface area (Å²) in [5, 5.41) is 1.41. The number of fused-ring (bicyclic) bond motifs is 1. The molecule has 0 aliphatic carbocycles.